The lowest BCUT2D eigenvalue weighted by Crippen LogP contribution is -2.14. The molecule has 0 fully saturated rings. The van der Waals surface area contributed by atoms with Crippen molar-refractivity contribution in [3.05, 3.63) is 23.8 Å². The molecule has 0 amide bonds. The SMILES string of the molecule is COC(=O)Cn1nnc2cccc(C(=O)O)c21. The third-order valence-corrected chi connectivity index (χ3v) is 2.27. The number of hydrogen-bond acceptors (Lipinski definition) is 5. The van der Waals surface area contributed by atoms with E-state index in [1.54, 1.807) is 12.1 Å². The summed E-state index contributed by atoms with van der Waals surface area (Å²) in [6, 6.07) is 4.63. The smallest absolute Gasteiger partial charge is 0.337 e. The van der Waals surface area contributed by atoms with Gasteiger partial charge >= 0.3 is 11.9 Å². The van der Waals surface area contributed by atoms with Gasteiger partial charge in [0.25, 0.3) is 0 Å². The summed E-state index contributed by atoms with van der Waals surface area (Å²) in [5.41, 5.74) is 0.788. The Labute approximate surface area is 95.6 Å². The lowest BCUT2D eigenvalue weighted by atomic mass is 10.2. The van der Waals surface area contributed by atoms with Gasteiger partial charge < -0.3 is 9.84 Å². The van der Waals surface area contributed by atoms with Crippen molar-refractivity contribution in [2.24, 2.45) is 0 Å². The van der Waals surface area contributed by atoms with Gasteiger partial charge in [-0.15, -0.1) is 5.10 Å². The van der Waals surface area contributed by atoms with Gasteiger partial charge in [-0.3, -0.25) is 4.79 Å². The number of methoxy groups -OCH3 is 1. The van der Waals surface area contributed by atoms with E-state index in [-0.39, 0.29) is 12.1 Å². The van der Waals surface area contributed by atoms with Crippen LogP contribution in [0.2, 0.25) is 0 Å². The summed E-state index contributed by atoms with van der Waals surface area (Å²) < 4.78 is 5.71. The number of esters is 1. The number of fused-ring (bicyclic) bond motifs is 1. The van der Waals surface area contributed by atoms with Gasteiger partial charge in [0.2, 0.25) is 0 Å². The van der Waals surface area contributed by atoms with Crippen molar-refractivity contribution in [2.45, 2.75) is 6.54 Å². The van der Waals surface area contributed by atoms with Gasteiger partial charge in [0.05, 0.1) is 12.7 Å². The molecule has 2 aromatic rings. The van der Waals surface area contributed by atoms with Crippen LogP contribution >= 0.6 is 0 Å². The third-order valence-electron chi connectivity index (χ3n) is 2.27. The molecule has 0 aliphatic carbocycles. The lowest BCUT2D eigenvalue weighted by Gasteiger charge is -2.02. The molecule has 1 heterocycles. The van der Waals surface area contributed by atoms with Crippen LogP contribution in [-0.4, -0.2) is 39.1 Å². The molecule has 0 radical (unpaired) electrons. The fourth-order valence-corrected chi connectivity index (χ4v) is 1.50. The first-order valence-corrected chi connectivity index (χ1v) is 4.76. The predicted molar refractivity (Wildman–Crippen MR) is 56.5 cm³/mol. The van der Waals surface area contributed by atoms with Gasteiger partial charge in [-0.1, -0.05) is 11.3 Å². The molecule has 88 valence electrons. The van der Waals surface area contributed by atoms with E-state index in [0.29, 0.717) is 11.0 Å². The number of aromatic carboxylic acids is 1. The average Bonchev–Trinajstić information content (AvgIpc) is 2.72. The van der Waals surface area contributed by atoms with Crippen molar-refractivity contribution in [3.63, 3.8) is 0 Å². The molecule has 0 saturated heterocycles. The second-order valence-corrected chi connectivity index (χ2v) is 3.30. The summed E-state index contributed by atoms with van der Waals surface area (Å²) in [5, 5.41) is 16.6. The van der Waals surface area contributed by atoms with Crippen molar-refractivity contribution >= 4 is 23.0 Å². The molecule has 0 atom stereocenters. The molecule has 0 saturated carbocycles. The molecular weight excluding hydrogens is 226 g/mol. The summed E-state index contributed by atoms with van der Waals surface area (Å²) in [4.78, 5) is 22.2. The molecule has 0 spiro atoms. The average molecular weight is 235 g/mol. The van der Waals surface area contributed by atoms with Crippen LogP contribution in [0.3, 0.4) is 0 Å². The van der Waals surface area contributed by atoms with Gasteiger partial charge in [-0.2, -0.15) is 0 Å². The van der Waals surface area contributed by atoms with Gasteiger partial charge in [-0.25, -0.2) is 9.48 Å². The fourth-order valence-electron chi connectivity index (χ4n) is 1.50. The van der Waals surface area contributed by atoms with E-state index in [0.717, 1.165) is 0 Å². The van der Waals surface area contributed by atoms with E-state index < -0.39 is 11.9 Å². The van der Waals surface area contributed by atoms with Crippen molar-refractivity contribution < 1.29 is 19.4 Å². The summed E-state index contributed by atoms with van der Waals surface area (Å²) in [6.45, 7) is -0.169. The molecule has 0 unspecified atom stereocenters. The summed E-state index contributed by atoms with van der Waals surface area (Å²) in [7, 11) is 1.25. The van der Waals surface area contributed by atoms with E-state index in [1.165, 1.54) is 17.9 Å². The number of carboxylic acids is 1. The highest BCUT2D eigenvalue weighted by Crippen LogP contribution is 2.16. The zero-order valence-corrected chi connectivity index (χ0v) is 8.95. The molecule has 1 N–H and O–H groups in total. The maximum Gasteiger partial charge on any atom is 0.337 e. The maximum atomic E-state index is 11.1. The van der Waals surface area contributed by atoms with Gasteiger partial charge in [-0.05, 0) is 12.1 Å². The molecule has 2 rings (SSSR count). The van der Waals surface area contributed by atoms with Crippen molar-refractivity contribution in [1.29, 1.82) is 0 Å². The highest BCUT2D eigenvalue weighted by atomic mass is 16.5. The van der Waals surface area contributed by atoms with E-state index in [9.17, 15) is 9.59 Å². The lowest BCUT2D eigenvalue weighted by molar-refractivity contribution is -0.141. The number of hydrogen-bond donors (Lipinski definition) is 1. The number of para-hydroxylation sites is 1. The van der Waals surface area contributed by atoms with Crippen LogP contribution < -0.4 is 0 Å². The van der Waals surface area contributed by atoms with Crippen molar-refractivity contribution in [2.75, 3.05) is 7.11 Å². The predicted octanol–water partition coefficient (Wildman–Crippen LogP) is 0.302. The molecule has 0 bridgehead atoms. The zero-order chi connectivity index (χ0) is 12.4. The number of ether oxygens (including phenoxy) is 1. The Balaban J connectivity index is 2.57. The Bertz CT molecular complexity index is 590. The van der Waals surface area contributed by atoms with E-state index in [1.807, 2.05) is 0 Å². The summed E-state index contributed by atoms with van der Waals surface area (Å²) in [6.07, 6.45) is 0. The maximum absolute atomic E-state index is 11.1. The number of carbonyl (C=O) groups excluding carboxylic acids is 1. The molecule has 1 aromatic heterocycles. The van der Waals surface area contributed by atoms with Crippen LogP contribution in [0.25, 0.3) is 11.0 Å². The highest BCUT2D eigenvalue weighted by molar-refractivity contribution is 6.01. The number of nitrogens with zero attached hydrogens (tertiary/aromatic N) is 3. The van der Waals surface area contributed by atoms with E-state index in [2.05, 4.69) is 15.0 Å². The fraction of sp³-hybridized carbons (Fsp3) is 0.200. The minimum absolute atomic E-state index is 0.0522. The molecule has 7 heteroatoms. The van der Waals surface area contributed by atoms with Crippen LogP contribution in [0.15, 0.2) is 18.2 Å². The molecule has 17 heavy (non-hydrogen) atoms. The minimum atomic E-state index is -1.09. The van der Waals surface area contributed by atoms with Crippen LogP contribution in [0.4, 0.5) is 0 Å². The zero-order valence-electron chi connectivity index (χ0n) is 8.95. The quantitative estimate of drug-likeness (QED) is 0.769. The molecule has 0 aliphatic heterocycles. The van der Waals surface area contributed by atoms with Crippen LogP contribution in [0, 0.1) is 0 Å². The Kier molecular flexibility index (Phi) is 2.73. The number of aromatic nitrogens is 3. The second kappa shape index (κ2) is 4.20. The van der Waals surface area contributed by atoms with Crippen molar-refractivity contribution in [3.8, 4) is 0 Å². The monoisotopic (exact) mass is 235 g/mol. The highest BCUT2D eigenvalue weighted by Gasteiger charge is 2.16. The number of carboxylic acid groups (broad SMARTS) is 1. The first kappa shape index (κ1) is 11.1. The Morgan fingerprint density at radius 1 is 1.47 bits per heavy atom. The second-order valence-electron chi connectivity index (χ2n) is 3.30. The number of carbonyl (C=O) groups is 2. The summed E-state index contributed by atoms with van der Waals surface area (Å²) in [5.74, 6) is -1.61. The van der Waals surface area contributed by atoms with Gasteiger partial charge in [0.15, 0.2) is 0 Å². The van der Waals surface area contributed by atoms with Gasteiger partial charge in [0, 0.05) is 0 Å². The Hall–Kier alpha value is -2.44. The van der Waals surface area contributed by atoms with Crippen LogP contribution in [0.1, 0.15) is 10.4 Å². The molecular formula is C10H9N3O4. The van der Waals surface area contributed by atoms with Crippen molar-refractivity contribution in [1.82, 2.24) is 15.0 Å². The molecule has 0 aliphatic rings. The first-order valence-electron chi connectivity index (χ1n) is 4.76. The Morgan fingerprint density at radius 3 is 2.88 bits per heavy atom. The topological polar surface area (TPSA) is 94.3 Å². The third kappa shape index (κ3) is 1.94. The van der Waals surface area contributed by atoms with E-state index >= 15 is 0 Å². The summed E-state index contributed by atoms with van der Waals surface area (Å²) >= 11 is 0. The standard InChI is InChI=1S/C10H9N3O4/c1-17-8(14)5-13-9-6(10(15)16)3-2-4-7(9)11-12-13/h2-4H,5H2,1H3,(H,15,16). The molecule has 1 aromatic carbocycles. The largest absolute Gasteiger partial charge is 0.478 e. The van der Waals surface area contributed by atoms with Gasteiger partial charge in [0.1, 0.15) is 17.6 Å². The number of benzene rings is 1. The van der Waals surface area contributed by atoms with Crippen LogP contribution in [0.5, 0.6) is 0 Å². The molecule has 7 nitrogen and oxygen atoms in total. The van der Waals surface area contributed by atoms with Crippen LogP contribution in [-0.2, 0) is 16.1 Å². The minimum Gasteiger partial charge on any atom is -0.478 e. The first-order chi connectivity index (χ1) is 8.13. The van der Waals surface area contributed by atoms with E-state index in [4.69, 9.17) is 5.11 Å². The Morgan fingerprint density at radius 2 is 2.24 bits per heavy atom. The number of rotatable bonds is 3. The normalized spacial score (nSPS) is 10.4.